The molecule has 4 nitrogen and oxygen atoms in total. The molecule has 0 spiro atoms. The molecule has 3 aromatic rings. The van der Waals surface area contributed by atoms with Crippen molar-refractivity contribution in [3.8, 4) is 5.75 Å². The number of nitrogens with zero attached hydrogens (tertiary/aromatic N) is 3. The molecule has 0 bridgehead atoms. The van der Waals surface area contributed by atoms with E-state index in [-0.39, 0.29) is 0 Å². The summed E-state index contributed by atoms with van der Waals surface area (Å²) in [7, 11) is 1.70. The summed E-state index contributed by atoms with van der Waals surface area (Å²) in [4.78, 5) is 0. The highest BCUT2D eigenvalue weighted by atomic mass is 16.5. The molecule has 0 fully saturated rings. The maximum Gasteiger partial charge on any atom is 0.119 e. The molecule has 24 heavy (non-hydrogen) atoms. The Balaban J connectivity index is 1.68. The van der Waals surface area contributed by atoms with E-state index in [2.05, 4.69) is 48.4 Å². The van der Waals surface area contributed by atoms with Crippen molar-refractivity contribution in [2.24, 2.45) is 0 Å². The lowest BCUT2D eigenvalue weighted by Crippen LogP contribution is -2.02. The highest BCUT2D eigenvalue weighted by Gasteiger charge is 2.12. The van der Waals surface area contributed by atoms with Crippen LogP contribution in [-0.4, -0.2) is 22.1 Å². The van der Waals surface area contributed by atoms with Gasteiger partial charge < -0.3 is 4.74 Å². The van der Waals surface area contributed by atoms with Crippen LogP contribution in [0.3, 0.4) is 0 Å². The molecule has 0 aliphatic rings. The third kappa shape index (κ3) is 3.82. The summed E-state index contributed by atoms with van der Waals surface area (Å²) < 4.78 is 7.18. The van der Waals surface area contributed by atoms with Crippen molar-refractivity contribution in [1.29, 1.82) is 0 Å². The van der Waals surface area contributed by atoms with Gasteiger partial charge >= 0.3 is 0 Å². The number of aryl methyl sites for hydroxylation is 1. The first-order chi connectivity index (χ1) is 11.7. The summed E-state index contributed by atoms with van der Waals surface area (Å²) in [6.07, 6.45) is 2.92. The highest BCUT2D eigenvalue weighted by Crippen LogP contribution is 2.26. The van der Waals surface area contributed by atoms with Crippen molar-refractivity contribution < 1.29 is 4.74 Å². The molecule has 1 atom stereocenters. The van der Waals surface area contributed by atoms with Crippen molar-refractivity contribution in [2.75, 3.05) is 7.11 Å². The predicted octanol–water partition coefficient (Wildman–Crippen LogP) is 3.99. The van der Waals surface area contributed by atoms with E-state index in [1.807, 2.05) is 35.1 Å². The smallest absolute Gasteiger partial charge is 0.119 e. The van der Waals surface area contributed by atoms with Crippen molar-refractivity contribution in [3.63, 3.8) is 0 Å². The van der Waals surface area contributed by atoms with Crippen LogP contribution in [-0.2, 0) is 13.0 Å². The number of rotatable bonds is 6. The molecular formula is C20H23N3O. The fraction of sp³-hybridized carbons (Fsp3) is 0.300. The Morgan fingerprint density at radius 1 is 1.12 bits per heavy atom. The van der Waals surface area contributed by atoms with Gasteiger partial charge in [-0.05, 0) is 48.1 Å². The lowest BCUT2D eigenvalue weighted by Gasteiger charge is -2.14. The lowest BCUT2D eigenvalue weighted by atomic mass is 9.92. The number of hydrogen-bond acceptors (Lipinski definition) is 3. The number of aromatic nitrogens is 3. The van der Waals surface area contributed by atoms with E-state index in [0.717, 1.165) is 24.4 Å². The molecule has 0 saturated heterocycles. The number of ether oxygens (including phenoxy) is 1. The van der Waals surface area contributed by atoms with Crippen LogP contribution in [0.2, 0.25) is 0 Å². The highest BCUT2D eigenvalue weighted by molar-refractivity contribution is 5.37. The van der Waals surface area contributed by atoms with E-state index in [0.29, 0.717) is 5.92 Å². The van der Waals surface area contributed by atoms with E-state index in [4.69, 9.17) is 4.74 Å². The van der Waals surface area contributed by atoms with Crippen LogP contribution in [0.25, 0.3) is 0 Å². The van der Waals surface area contributed by atoms with Crippen LogP contribution in [0, 0.1) is 6.92 Å². The number of methoxy groups -OCH3 is 1. The number of benzene rings is 2. The summed E-state index contributed by atoms with van der Waals surface area (Å²) in [6, 6.07) is 16.6. The summed E-state index contributed by atoms with van der Waals surface area (Å²) in [5.41, 5.74) is 4.83. The Hall–Kier alpha value is -2.62. The van der Waals surface area contributed by atoms with Gasteiger partial charge in [0.25, 0.3) is 0 Å². The third-order valence-electron chi connectivity index (χ3n) is 4.30. The zero-order valence-electron chi connectivity index (χ0n) is 14.4. The quantitative estimate of drug-likeness (QED) is 0.689. The first kappa shape index (κ1) is 16.2. The topological polar surface area (TPSA) is 39.9 Å². The average molecular weight is 321 g/mol. The molecule has 0 aliphatic heterocycles. The van der Waals surface area contributed by atoms with Gasteiger partial charge in [0.05, 0.1) is 19.3 Å². The van der Waals surface area contributed by atoms with Gasteiger partial charge in [-0.2, -0.15) is 0 Å². The maximum absolute atomic E-state index is 5.28. The second kappa shape index (κ2) is 7.30. The molecule has 1 heterocycles. The largest absolute Gasteiger partial charge is 0.497 e. The average Bonchev–Trinajstić information content (AvgIpc) is 3.02. The second-order valence-electron chi connectivity index (χ2n) is 6.22. The van der Waals surface area contributed by atoms with Gasteiger partial charge in [0, 0.05) is 6.20 Å². The summed E-state index contributed by atoms with van der Waals surface area (Å²) in [6.45, 7) is 5.11. The standard InChI is InChI=1S/C20H23N3O/c1-15(20-10-9-19(24-3)12-16(20)2)11-18-14-23(22-21-18)13-17-7-5-4-6-8-17/h4-10,12,14-15H,11,13H2,1-3H3. The van der Waals surface area contributed by atoms with Crippen LogP contribution in [0.1, 0.15) is 35.2 Å². The summed E-state index contributed by atoms with van der Waals surface area (Å²) in [5.74, 6) is 1.29. The third-order valence-corrected chi connectivity index (χ3v) is 4.30. The monoisotopic (exact) mass is 321 g/mol. The minimum atomic E-state index is 0.387. The molecular weight excluding hydrogens is 298 g/mol. The molecule has 0 amide bonds. The number of hydrogen-bond donors (Lipinski definition) is 0. The Morgan fingerprint density at radius 2 is 1.92 bits per heavy atom. The van der Waals surface area contributed by atoms with Gasteiger partial charge in [-0.1, -0.05) is 48.5 Å². The van der Waals surface area contributed by atoms with Gasteiger partial charge in [0.2, 0.25) is 0 Å². The summed E-state index contributed by atoms with van der Waals surface area (Å²) >= 11 is 0. The fourth-order valence-electron chi connectivity index (χ4n) is 3.03. The van der Waals surface area contributed by atoms with Crippen LogP contribution in [0.15, 0.2) is 54.7 Å². The van der Waals surface area contributed by atoms with E-state index < -0.39 is 0 Å². The van der Waals surface area contributed by atoms with Crippen molar-refractivity contribution in [2.45, 2.75) is 32.7 Å². The van der Waals surface area contributed by atoms with Gasteiger partial charge in [0.1, 0.15) is 5.75 Å². The van der Waals surface area contributed by atoms with E-state index in [1.165, 1.54) is 16.7 Å². The predicted molar refractivity (Wildman–Crippen MR) is 95.4 cm³/mol. The molecule has 0 aliphatic carbocycles. The zero-order chi connectivity index (χ0) is 16.9. The Labute approximate surface area is 143 Å². The van der Waals surface area contributed by atoms with Gasteiger partial charge in [-0.25, -0.2) is 4.68 Å². The van der Waals surface area contributed by atoms with Crippen LogP contribution < -0.4 is 4.74 Å². The zero-order valence-corrected chi connectivity index (χ0v) is 14.4. The Bertz CT molecular complexity index is 796. The molecule has 1 aromatic heterocycles. The molecule has 4 heteroatoms. The second-order valence-corrected chi connectivity index (χ2v) is 6.22. The van der Waals surface area contributed by atoms with Gasteiger partial charge in [-0.3, -0.25) is 0 Å². The first-order valence-electron chi connectivity index (χ1n) is 8.23. The van der Waals surface area contributed by atoms with E-state index in [9.17, 15) is 0 Å². The first-order valence-corrected chi connectivity index (χ1v) is 8.23. The lowest BCUT2D eigenvalue weighted by molar-refractivity contribution is 0.414. The fourth-order valence-corrected chi connectivity index (χ4v) is 3.03. The molecule has 1 unspecified atom stereocenters. The molecule has 2 aromatic carbocycles. The van der Waals surface area contributed by atoms with Crippen molar-refractivity contribution >= 4 is 0 Å². The molecule has 0 N–H and O–H groups in total. The van der Waals surface area contributed by atoms with Crippen LogP contribution in [0.5, 0.6) is 5.75 Å². The van der Waals surface area contributed by atoms with Crippen LogP contribution in [0.4, 0.5) is 0 Å². The van der Waals surface area contributed by atoms with Gasteiger partial charge in [0.15, 0.2) is 0 Å². The van der Waals surface area contributed by atoms with Crippen LogP contribution >= 0.6 is 0 Å². The Kier molecular flexibility index (Phi) is 4.94. The van der Waals surface area contributed by atoms with E-state index >= 15 is 0 Å². The van der Waals surface area contributed by atoms with Crippen molar-refractivity contribution in [1.82, 2.24) is 15.0 Å². The normalized spacial score (nSPS) is 12.1. The minimum Gasteiger partial charge on any atom is -0.497 e. The molecule has 0 saturated carbocycles. The SMILES string of the molecule is COc1ccc(C(C)Cc2cn(Cc3ccccc3)nn2)c(C)c1. The van der Waals surface area contributed by atoms with Gasteiger partial charge in [-0.15, -0.1) is 5.10 Å². The molecule has 0 radical (unpaired) electrons. The minimum absolute atomic E-state index is 0.387. The Morgan fingerprint density at radius 3 is 2.62 bits per heavy atom. The van der Waals surface area contributed by atoms with E-state index in [1.54, 1.807) is 7.11 Å². The summed E-state index contributed by atoms with van der Waals surface area (Å²) in [5, 5.41) is 8.58. The van der Waals surface area contributed by atoms with Crippen molar-refractivity contribution in [3.05, 3.63) is 77.1 Å². The molecule has 3 rings (SSSR count). The molecule has 124 valence electrons. The maximum atomic E-state index is 5.28.